The highest BCUT2D eigenvalue weighted by atomic mass is 19.4. The summed E-state index contributed by atoms with van der Waals surface area (Å²) in [5.41, 5.74) is -1.17. The maximum absolute atomic E-state index is 12.7. The lowest BCUT2D eigenvalue weighted by atomic mass is 9.81. The lowest BCUT2D eigenvalue weighted by molar-refractivity contribution is -0.189. The van der Waals surface area contributed by atoms with Crippen LogP contribution in [0.2, 0.25) is 0 Å². The van der Waals surface area contributed by atoms with Crippen LogP contribution in [-0.2, 0) is 4.79 Å². The summed E-state index contributed by atoms with van der Waals surface area (Å²) >= 11 is 0. The second-order valence-electron chi connectivity index (χ2n) is 5.03. The fourth-order valence-electron chi connectivity index (χ4n) is 2.49. The van der Waals surface area contributed by atoms with Crippen LogP contribution in [0.1, 0.15) is 39.5 Å². The van der Waals surface area contributed by atoms with Gasteiger partial charge in [-0.15, -0.1) is 0 Å². The third-order valence-electron chi connectivity index (χ3n) is 4.00. The Hall–Kier alpha value is -1.25. The Kier molecular flexibility index (Phi) is 4.83. The average Bonchev–Trinajstić information content (AvgIpc) is 2.40. The standard InChI is InChI=1S/C13H19F3N2O/c1-3-12(4-2,9-17)11(19)18-7-5-6-10(8-18)13(14,15)16/h10H,3-8H2,1-2H3. The number of hydrogen-bond donors (Lipinski definition) is 0. The predicted molar refractivity (Wildman–Crippen MR) is 64.0 cm³/mol. The SMILES string of the molecule is CCC(C#N)(CC)C(=O)N1CCCC(C(F)(F)F)C1. The Morgan fingerprint density at radius 1 is 1.37 bits per heavy atom. The van der Waals surface area contributed by atoms with Crippen molar-refractivity contribution in [2.45, 2.75) is 45.7 Å². The minimum Gasteiger partial charge on any atom is -0.341 e. The molecule has 0 aromatic rings. The van der Waals surface area contributed by atoms with E-state index in [1.807, 2.05) is 6.07 Å². The molecular weight excluding hydrogens is 257 g/mol. The normalized spacial score (nSPS) is 21.1. The molecule has 1 unspecified atom stereocenters. The van der Waals surface area contributed by atoms with E-state index in [1.54, 1.807) is 13.8 Å². The van der Waals surface area contributed by atoms with E-state index in [-0.39, 0.29) is 13.0 Å². The van der Waals surface area contributed by atoms with Crippen molar-refractivity contribution < 1.29 is 18.0 Å². The molecule has 0 radical (unpaired) electrons. The number of amides is 1. The molecule has 0 aromatic carbocycles. The second-order valence-corrected chi connectivity index (χ2v) is 5.03. The zero-order chi connectivity index (χ0) is 14.7. The van der Waals surface area contributed by atoms with Gasteiger partial charge in [0.25, 0.3) is 0 Å². The third kappa shape index (κ3) is 3.20. The summed E-state index contributed by atoms with van der Waals surface area (Å²) in [6, 6.07) is 1.99. The minimum absolute atomic E-state index is 0.0606. The summed E-state index contributed by atoms with van der Waals surface area (Å²) in [7, 11) is 0. The molecule has 0 saturated carbocycles. The molecule has 1 aliphatic heterocycles. The molecule has 1 heterocycles. The molecule has 108 valence electrons. The van der Waals surface area contributed by atoms with Gasteiger partial charge in [-0.3, -0.25) is 4.79 Å². The lowest BCUT2D eigenvalue weighted by Gasteiger charge is -2.37. The van der Waals surface area contributed by atoms with E-state index in [9.17, 15) is 23.2 Å². The molecule has 19 heavy (non-hydrogen) atoms. The number of nitriles is 1. The number of hydrogen-bond acceptors (Lipinski definition) is 2. The van der Waals surface area contributed by atoms with Crippen LogP contribution >= 0.6 is 0 Å². The van der Waals surface area contributed by atoms with Crippen molar-refractivity contribution in [2.24, 2.45) is 11.3 Å². The Balaban J connectivity index is 2.86. The quantitative estimate of drug-likeness (QED) is 0.795. The topological polar surface area (TPSA) is 44.1 Å². The molecule has 1 rings (SSSR count). The second kappa shape index (κ2) is 5.81. The average molecular weight is 276 g/mol. The van der Waals surface area contributed by atoms with Gasteiger partial charge in [0.2, 0.25) is 5.91 Å². The molecule has 6 heteroatoms. The van der Waals surface area contributed by atoms with Gasteiger partial charge in [0, 0.05) is 13.1 Å². The number of carbonyl (C=O) groups excluding carboxylic acids is 1. The maximum Gasteiger partial charge on any atom is 0.393 e. The van der Waals surface area contributed by atoms with Gasteiger partial charge in [-0.25, -0.2) is 0 Å². The third-order valence-corrected chi connectivity index (χ3v) is 4.00. The molecule has 1 aliphatic rings. The molecule has 1 amide bonds. The summed E-state index contributed by atoms with van der Waals surface area (Å²) in [4.78, 5) is 13.5. The highest BCUT2D eigenvalue weighted by Crippen LogP contribution is 2.36. The monoisotopic (exact) mass is 276 g/mol. The Morgan fingerprint density at radius 3 is 2.37 bits per heavy atom. The summed E-state index contributed by atoms with van der Waals surface area (Å²) in [6.45, 7) is 3.44. The summed E-state index contributed by atoms with van der Waals surface area (Å²) < 4.78 is 38.2. The summed E-state index contributed by atoms with van der Waals surface area (Å²) in [6.07, 6.45) is -3.22. The molecule has 1 atom stereocenters. The highest BCUT2D eigenvalue weighted by molar-refractivity contribution is 5.85. The molecule has 0 aromatic heterocycles. The zero-order valence-corrected chi connectivity index (χ0v) is 11.3. The fourth-order valence-corrected chi connectivity index (χ4v) is 2.49. The van der Waals surface area contributed by atoms with Crippen LogP contribution < -0.4 is 0 Å². The molecule has 0 spiro atoms. The highest BCUT2D eigenvalue weighted by Gasteiger charge is 2.46. The number of rotatable bonds is 3. The van der Waals surface area contributed by atoms with E-state index >= 15 is 0 Å². The molecule has 0 aliphatic carbocycles. The van der Waals surface area contributed by atoms with Crippen LogP contribution in [0, 0.1) is 22.7 Å². The largest absolute Gasteiger partial charge is 0.393 e. The first-order chi connectivity index (χ1) is 8.80. The van der Waals surface area contributed by atoms with Gasteiger partial charge in [0.1, 0.15) is 5.41 Å². The first kappa shape index (κ1) is 15.8. The van der Waals surface area contributed by atoms with Gasteiger partial charge in [0.15, 0.2) is 0 Å². The van der Waals surface area contributed by atoms with Gasteiger partial charge in [-0.05, 0) is 25.7 Å². The van der Waals surface area contributed by atoms with Crippen LogP contribution in [0.5, 0.6) is 0 Å². The summed E-state index contributed by atoms with van der Waals surface area (Å²) in [5.74, 6) is -1.91. The van der Waals surface area contributed by atoms with Crippen LogP contribution in [0.3, 0.4) is 0 Å². The van der Waals surface area contributed by atoms with E-state index in [2.05, 4.69) is 0 Å². The van der Waals surface area contributed by atoms with Gasteiger partial charge >= 0.3 is 6.18 Å². The first-order valence-electron chi connectivity index (χ1n) is 6.58. The van der Waals surface area contributed by atoms with Gasteiger partial charge < -0.3 is 4.90 Å². The van der Waals surface area contributed by atoms with Crippen molar-refractivity contribution in [1.29, 1.82) is 5.26 Å². The number of nitrogens with zero attached hydrogens (tertiary/aromatic N) is 2. The van der Waals surface area contributed by atoms with Crippen molar-refractivity contribution in [3.8, 4) is 6.07 Å². The van der Waals surface area contributed by atoms with E-state index in [4.69, 9.17) is 0 Å². The van der Waals surface area contributed by atoms with Crippen LogP contribution in [0.4, 0.5) is 13.2 Å². The Bertz CT molecular complexity index is 369. The van der Waals surface area contributed by atoms with Crippen LogP contribution in [0.15, 0.2) is 0 Å². The molecule has 3 nitrogen and oxygen atoms in total. The van der Waals surface area contributed by atoms with E-state index in [0.29, 0.717) is 25.8 Å². The van der Waals surface area contributed by atoms with E-state index < -0.39 is 23.4 Å². The molecule has 0 N–H and O–H groups in total. The van der Waals surface area contributed by atoms with Crippen LogP contribution in [0.25, 0.3) is 0 Å². The Morgan fingerprint density at radius 2 is 1.95 bits per heavy atom. The smallest absolute Gasteiger partial charge is 0.341 e. The fraction of sp³-hybridized carbons (Fsp3) is 0.846. The molecule has 0 bridgehead atoms. The van der Waals surface area contributed by atoms with E-state index in [1.165, 1.54) is 4.90 Å². The minimum atomic E-state index is -4.27. The van der Waals surface area contributed by atoms with Gasteiger partial charge in [-0.1, -0.05) is 13.8 Å². The first-order valence-corrected chi connectivity index (χ1v) is 6.58. The molecule has 1 fully saturated rings. The zero-order valence-electron chi connectivity index (χ0n) is 11.3. The van der Waals surface area contributed by atoms with Crippen molar-refractivity contribution >= 4 is 5.91 Å². The summed E-state index contributed by atoms with van der Waals surface area (Å²) in [5, 5.41) is 9.18. The lowest BCUT2D eigenvalue weighted by Crippen LogP contribution is -2.49. The van der Waals surface area contributed by atoms with Gasteiger partial charge in [0.05, 0.1) is 12.0 Å². The predicted octanol–water partition coefficient (Wildman–Crippen LogP) is 3.12. The number of alkyl halides is 3. The van der Waals surface area contributed by atoms with Crippen molar-refractivity contribution in [3.05, 3.63) is 0 Å². The van der Waals surface area contributed by atoms with Crippen molar-refractivity contribution in [1.82, 2.24) is 4.90 Å². The molecular formula is C13H19F3N2O. The van der Waals surface area contributed by atoms with Gasteiger partial charge in [-0.2, -0.15) is 18.4 Å². The number of carbonyl (C=O) groups is 1. The number of halogens is 3. The van der Waals surface area contributed by atoms with Crippen molar-refractivity contribution in [3.63, 3.8) is 0 Å². The number of likely N-dealkylation sites (tertiary alicyclic amines) is 1. The van der Waals surface area contributed by atoms with E-state index in [0.717, 1.165) is 0 Å². The Labute approximate surface area is 111 Å². The molecule has 1 saturated heterocycles. The van der Waals surface area contributed by atoms with Crippen molar-refractivity contribution in [2.75, 3.05) is 13.1 Å². The number of piperidine rings is 1. The maximum atomic E-state index is 12.7. The van der Waals surface area contributed by atoms with Crippen LogP contribution in [-0.4, -0.2) is 30.1 Å².